The van der Waals surface area contributed by atoms with E-state index in [1.54, 1.807) is 13.3 Å². The summed E-state index contributed by atoms with van der Waals surface area (Å²) >= 11 is 0. The standard InChI is InChI=1S/C34H44N4O2/c1-5-24-9-8-17-38(18-16-24)27-14-12-25(32(21-27)40-4)13-15-33-35-22-31-30(36-33)20-26(19-23(2)3)28-10-6-7-11-29(28)34(39)37-31/h6-7,10-12,14,21-24,26H,5,8-9,13,15-20H2,1-4H3,(H,37,39). The Kier molecular flexibility index (Phi) is 9.03. The van der Waals surface area contributed by atoms with Gasteiger partial charge in [-0.1, -0.05) is 51.5 Å². The summed E-state index contributed by atoms with van der Waals surface area (Å²) in [5.41, 5.74) is 5.93. The lowest BCUT2D eigenvalue weighted by Crippen LogP contribution is -2.24. The van der Waals surface area contributed by atoms with Gasteiger partial charge in [-0.2, -0.15) is 0 Å². The van der Waals surface area contributed by atoms with Crippen LogP contribution in [0.15, 0.2) is 48.7 Å². The molecule has 2 aliphatic rings. The molecular formula is C34H44N4O2. The summed E-state index contributed by atoms with van der Waals surface area (Å²) in [5, 5.41) is 3.07. The number of aromatic nitrogens is 2. The molecule has 2 unspecified atom stereocenters. The molecule has 0 radical (unpaired) electrons. The number of carbonyl (C=O) groups excluding carboxylic acids is 1. The van der Waals surface area contributed by atoms with Gasteiger partial charge in [-0.25, -0.2) is 9.97 Å². The smallest absolute Gasteiger partial charge is 0.256 e. The third kappa shape index (κ3) is 6.48. The third-order valence-electron chi connectivity index (χ3n) is 8.69. The summed E-state index contributed by atoms with van der Waals surface area (Å²) < 4.78 is 5.84. The van der Waals surface area contributed by atoms with Gasteiger partial charge in [0.15, 0.2) is 0 Å². The lowest BCUT2D eigenvalue weighted by Gasteiger charge is -2.25. The van der Waals surface area contributed by atoms with E-state index in [0.717, 1.165) is 72.4 Å². The van der Waals surface area contributed by atoms with Gasteiger partial charge in [0.25, 0.3) is 5.91 Å². The lowest BCUT2D eigenvalue weighted by molar-refractivity contribution is 0.102. The minimum atomic E-state index is -0.0823. The van der Waals surface area contributed by atoms with Crippen LogP contribution in [0.3, 0.4) is 0 Å². The minimum absolute atomic E-state index is 0.0823. The number of nitrogens with one attached hydrogen (secondary N) is 1. The summed E-state index contributed by atoms with van der Waals surface area (Å²) in [6, 6.07) is 14.6. The number of aryl methyl sites for hydroxylation is 2. The minimum Gasteiger partial charge on any atom is -0.496 e. The number of hydrogen-bond acceptors (Lipinski definition) is 5. The van der Waals surface area contributed by atoms with Crippen LogP contribution < -0.4 is 15.0 Å². The third-order valence-corrected chi connectivity index (χ3v) is 8.69. The van der Waals surface area contributed by atoms with Gasteiger partial charge in [0.05, 0.1) is 24.7 Å². The average Bonchev–Trinajstić information content (AvgIpc) is 3.22. The largest absolute Gasteiger partial charge is 0.496 e. The van der Waals surface area contributed by atoms with Crippen LogP contribution in [-0.4, -0.2) is 36.1 Å². The molecule has 1 saturated heterocycles. The molecule has 0 saturated carbocycles. The fraction of sp³-hybridized carbons (Fsp3) is 0.500. The van der Waals surface area contributed by atoms with Crippen molar-refractivity contribution in [2.24, 2.45) is 11.8 Å². The average molecular weight is 541 g/mol. The van der Waals surface area contributed by atoms with Crippen LogP contribution in [0.1, 0.15) is 91.8 Å². The number of fused-ring (bicyclic) bond motifs is 2. The number of amides is 1. The summed E-state index contributed by atoms with van der Waals surface area (Å²) in [5.74, 6) is 3.25. The zero-order valence-electron chi connectivity index (χ0n) is 24.6. The maximum Gasteiger partial charge on any atom is 0.256 e. The van der Waals surface area contributed by atoms with E-state index >= 15 is 0 Å². The van der Waals surface area contributed by atoms with Gasteiger partial charge in [0, 0.05) is 36.8 Å². The SMILES string of the molecule is CCC1CCCN(c2ccc(CCc3ncc4c(n3)CC(CC(C)C)c3ccccc3C(=O)N4)c(OC)c2)CC1. The maximum atomic E-state index is 13.1. The van der Waals surface area contributed by atoms with E-state index in [1.807, 2.05) is 18.2 Å². The molecule has 1 amide bonds. The predicted octanol–water partition coefficient (Wildman–Crippen LogP) is 7.23. The molecule has 5 rings (SSSR count). The van der Waals surface area contributed by atoms with Gasteiger partial charge in [-0.3, -0.25) is 4.79 Å². The Bertz CT molecular complexity index is 1320. The van der Waals surface area contributed by atoms with Crippen molar-refractivity contribution in [1.29, 1.82) is 0 Å². The van der Waals surface area contributed by atoms with Crippen molar-refractivity contribution in [3.8, 4) is 5.75 Å². The molecule has 1 fully saturated rings. The molecule has 1 N–H and O–H groups in total. The second-order valence-electron chi connectivity index (χ2n) is 11.9. The fourth-order valence-corrected chi connectivity index (χ4v) is 6.43. The van der Waals surface area contributed by atoms with Gasteiger partial charge in [-0.15, -0.1) is 0 Å². The number of carbonyl (C=O) groups is 1. The van der Waals surface area contributed by atoms with E-state index in [2.05, 4.69) is 60.2 Å². The Morgan fingerprint density at radius 1 is 1.10 bits per heavy atom. The van der Waals surface area contributed by atoms with Crippen molar-refractivity contribution in [2.45, 2.75) is 78.1 Å². The Hall–Kier alpha value is -3.41. The van der Waals surface area contributed by atoms with Gasteiger partial charge in [0.1, 0.15) is 11.6 Å². The van der Waals surface area contributed by atoms with E-state index in [-0.39, 0.29) is 11.8 Å². The molecule has 0 bridgehead atoms. The Morgan fingerprint density at radius 2 is 1.95 bits per heavy atom. The van der Waals surface area contributed by atoms with Crippen molar-refractivity contribution in [3.05, 3.63) is 76.9 Å². The second-order valence-corrected chi connectivity index (χ2v) is 11.9. The molecule has 6 heteroatoms. The molecule has 3 heterocycles. The predicted molar refractivity (Wildman–Crippen MR) is 163 cm³/mol. The lowest BCUT2D eigenvalue weighted by atomic mass is 9.83. The fourth-order valence-electron chi connectivity index (χ4n) is 6.43. The summed E-state index contributed by atoms with van der Waals surface area (Å²) in [6.45, 7) is 9.01. The number of nitrogens with zero attached hydrogens (tertiary/aromatic N) is 3. The molecule has 2 aromatic carbocycles. The van der Waals surface area contributed by atoms with Crippen molar-refractivity contribution in [2.75, 3.05) is 30.4 Å². The molecule has 3 aromatic rings. The van der Waals surface area contributed by atoms with Crippen molar-refractivity contribution < 1.29 is 9.53 Å². The van der Waals surface area contributed by atoms with Crippen molar-refractivity contribution in [3.63, 3.8) is 0 Å². The van der Waals surface area contributed by atoms with Crippen molar-refractivity contribution in [1.82, 2.24) is 9.97 Å². The van der Waals surface area contributed by atoms with Crippen molar-refractivity contribution >= 4 is 17.3 Å². The van der Waals surface area contributed by atoms with Crippen LogP contribution in [-0.2, 0) is 19.3 Å². The number of ether oxygens (including phenoxy) is 1. The quantitative estimate of drug-likeness (QED) is 0.327. The Labute approximate surface area is 239 Å². The van der Waals surface area contributed by atoms with Gasteiger partial charge in [-0.05, 0) is 79.5 Å². The van der Waals surface area contributed by atoms with Crippen LogP contribution in [0.5, 0.6) is 5.75 Å². The summed E-state index contributed by atoms with van der Waals surface area (Å²) in [6.07, 6.45) is 10.2. The molecule has 40 heavy (non-hydrogen) atoms. The maximum absolute atomic E-state index is 13.1. The molecule has 2 atom stereocenters. The number of methoxy groups -OCH3 is 1. The molecule has 0 aliphatic carbocycles. The Balaban J connectivity index is 1.32. The highest BCUT2D eigenvalue weighted by Gasteiger charge is 2.26. The first-order valence-corrected chi connectivity index (χ1v) is 15.1. The highest BCUT2D eigenvalue weighted by atomic mass is 16.5. The van der Waals surface area contributed by atoms with E-state index < -0.39 is 0 Å². The van der Waals surface area contributed by atoms with Crippen LogP contribution >= 0.6 is 0 Å². The topological polar surface area (TPSA) is 67.4 Å². The number of hydrogen-bond donors (Lipinski definition) is 1. The first-order chi connectivity index (χ1) is 19.4. The number of anilines is 2. The van der Waals surface area contributed by atoms with E-state index in [0.29, 0.717) is 12.3 Å². The van der Waals surface area contributed by atoms with Crippen LogP contribution in [0.25, 0.3) is 0 Å². The van der Waals surface area contributed by atoms with E-state index in [9.17, 15) is 4.79 Å². The Morgan fingerprint density at radius 3 is 2.75 bits per heavy atom. The number of rotatable bonds is 8. The van der Waals surface area contributed by atoms with Gasteiger partial charge < -0.3 is 15.0 Å². The van der Waals surface area contributed by atoms with E-state index in [4.69, 9.17) is 9.72 Å². The summed E-state index contributed by atoms with van der Waals surface area (Å²) in [4.78, 5) is 25.3. The molecule has 2 aliphatic heterocycles. The van der Waals surface area contributed by atoms with Gasteiger partial charge >= 0.3 is 0 Å². The van der Waals surface area contributed by atoms with E-state index in [1.165, 1.54) is 36.9 Å². The monoisotopic (exact) mass is 540 g/mol. The first kappa shape index (κ1) is 28.1. The molecular weight excluding hydrogens is 496 g/mol. The van der Waals surface area contributed by atoms with Crippen LogP contribution in [0.2, 0.25) is 0 Å². The normalized spacial score (nSPS) is 19.2. The molecule has 6 nitrogen and oxygen atoms in total. The highest BCUT2D eigenvalue weighted by molar-refractivity contribution is 6.06. The zero-order chi connectivity index (χ0) is 28.1. The summed E-state index contributed by atoms with van der Waals surface area (Å²) in [7, 11) is 1.76. The molecule has 1 aromatic heterocycles. The van der Waals surface area contributed by atoms with Crippen LogP contribution in [0, 0.1) is 11.8 Å². The van der Waals surface area contributed by atoms with Gasteiger partial charge in [0.2, 0.25) is 0 Å². The second kappa shape index (κ2) is 12.8. The first-order valence-electron chi connectivity index (χ1n) is 15.1. The number of benzene rings is 2. The molecule has 212 valence electrons. The molecule has 0 spiro atoms. The zero-order valence-corrected chi connectivity index (χ0v) is 24.6. The highest BCUT2D eigenvalue weighted by Crippen LogP contribution is 2.34. The van der Waals surface area contributed by atoms with Crippen LogP contribution in [0.4, 0.5) is 11.4 Å².